The number of hydrogen-bond donors (Lipinski definition) is 3. The van der Waals surface area contributed by atoms with E-state index >= 15 is 0 Å². The number of carbonyl (C=O) groups is 2. The van der Waals surface area contributed by atoms with Crippen molar-refractivity contribution in [2.24, 2.45) is 10.8 Å². The highest BCUT2D eigenvalue weighted by atomic mass is 16.9. The third-order valence-electron chi connectivity index (χ3n) is 3.82. The Bertz CT molecular complexity index is 704. The van der Waals surface area contributed by atoms with Gasteiger partial charge in [-0.15, -0.1) is 0 Å². The number of rotatable bonds is 5. The molecule has 0 aromatic heterocycles. The fourth-order valence-corrected chi connectivity index (χ4v) is 2.59. The first-order valence-corrected chi connectivity index (χ1v) is 9.01. The Hall–Kier alpha value is -2.69. The van der Waals surface area contributed by atoms with E-state index in [1.807, 2.05) is 18.2 Å². The summed E-state index contributed by atoms with van der Waals surface area (Å²) in [7, 11) is 0. The van der Waals surface area contributed by atoms with Crippen molar-refractivity contribution in [3.63, 3.8) is 0 Å². The number of hydrogen-bond acceptors (Lipinski definition) is 6. The van der Waals surface area contributed by atoms with Gasteiger partial charge in [-0.2, -0.15) is 4.84 Å². The van der Waals surface area contributed by atoms with Crippen LogP contribution >= 0.6 is 0 Å². The van der Waals surface area contributed by atoms with Gasteiger partial charge >= 0.3 is 6.09 Å². The fourth-order valence-electron chi connectivity index (χ4n) is 2.59. The van der Waals surface area contributed by atoms with Crippen molar-refractivity contribution in [1.82, 2.24) is 10.2 Å². The van der Waals surface area contributed by atoms with Crippen LogP contribution in [0.3, 0.4) is 0 Å². The lowest BCUT2D eigenvalue weighted by molar-refractivity contribution is -1.06. The quantitative estimate of drug-likeness (QED) is 0.373. The highest BCUT2D eigenvalue weighted by Crippen LogP contribution is 2.13. The molecule has 2 unspecified atom stereocenters. The summed E-state index contributed by atoms with van der Waals surface area (Å²) >= 11 is 0. The minimum absolute atomic E-state index is 0.0488. The number of quaternary nitrogens is 1. The minimum atomic E-state index is -0.892. The second-order valence-corrected chi connectivity index (χ2v) is 7.34. The number of nitrogens with zero attached hydrogens (tertiary/aromatic N) is 2. The molecule has 1 aromatic rings. The lowest BCUT2D eigenvalue weighted by atomic mass is 10.1. The molecule has 2 amide bonds. The van der Waals surface area contributed by atoms with Gasteiger partial charge in [0.2, 0.25) is 0 Å². The number of alkyl carbamates (subject to hydrolysis) is 1. The van der Waals surface area contributed by atoms with Crippen molar-refractivity contribution in [2.45, 2.75) is 51.9 Å². The van der Waals surface area contributed by atoms with Crippen LogP contribution in [0.2, 0.25) is 0 Å². The van der Waals surface area contributed by atoms with Gasteiger partial charge < -0.3 is 21.0 Å². The average molecular weight is 393 g/mol. The van der Waals surface area contributed by atoms with Crippen LogP contribution in [0, 0.1) is 5.21 Å². The molecule has 154 valence electrons. The molecule has 1 saturated heterocycles. The summed E-state index contributed by atoms with van der Waals surface area (Å²) < 4.78 is 5.17. The van der Waals surface area contributed by atoms with E-state index in [-0.39, 0.29) is 12.6 Å². The Balaban J connectivity index is 1.92. The van der Waals surface area contributed by atoms with Crippen molar-refractivity contribution in [3.8, 4) is 0 Å². The van der Waals surface area contributed by atoms with Gasteiger partial charge in [0.15, 0.2) is 0 Å². The summed E-state index contributed by atoms with van der Waals surface area (Å²) in [5.74, 6) is -0.715. The van der Waals surface area contributed by atoms with Crippen molar-refractivity contribution in [2.75, 3.05) is 6.54 Å². The van der Waals surface area contributed by atoms with Crippen molar-refractivity contribution in [1.29, 1.82) is 0 Å². The molecule has 0 radical (unpaired) electrons. The van der Waals surface area contributed by atoms with E-state index in [0.29, 0.717) is 19.4 Å². The van der Waals surface area contributed by atoms with Gasteiger partial charge in [-0.1, -0.05) is 35.7 Å². The van der Waals surface area contributed by atoms with Gasteiger partial charge in [-0.3, -0.25) is 9.69 Å². The molecule has 28 heavy (non-hydrogen) atoms. The van der Waals surface area contributed by atoms with Crippen LogP contribution in [-0.4, -0.2) is 41.0 Å². The normalized spacial score (nSPS) is 19.3. The molecule has 10 heteroatoms. The van der Waals surface area contributed by atoms with E-state index in [9.17, 15) is 14.8 Å². The zero-order valence-electron chi connectivity index (χ0n) is 16.3. The van der Waals surface area contributed by atoms with E-state index in [4.69, 9.17) is 15.3 Å². The maximum Gasteiger partial charge on any atom is 0.408 e. The van der Waals surface area contributed by atoms with Crippen LogP contribution in [0.5, 0.6) is 0 Å². The fraction of sp³-hybridized carbons (Fsp3) is 0.500. The average Bonchev–Trinajstić information content (AvgIpc) is 2.61. The summed E-state index contributed by atoms with van der Waals surface area (Å²) in [6, 6.07) is 8.32. The number of guanidine groups is 1. The molecule has 2 rings (SSSR count). The van der Waals surface area contributed by atoms with E-state index in [2.05, 4.69) is 10.4 Å². The molecule has 10 nitrogen and oxygen atoms in total. The SMILES string of the molecule is CC(C)(C)OC(=O)NC1CCCN(/C(N)=N/[NH+]([O-])OCc2ccccc2)C1=O. The Labute approximate surface area is 163 Å². The Morgan fingerprint density at radius 1 is 1.39 bits per heavy atom. The molecule has 1 aliphatic rings. The van der Waals surface area contributed by atoms with Gasteiger partial charge in [-0.25, -0.2) is 4.79 Å². The number of benzene rings is 1. The Kier molecular flexibility index (Phi) is 7.32. The molecule has 0 saturated carbocycles. The van der Waals surface area contributed by atoms with Crippen molar-refractivity contribution >= 4 is 18.0 Å². The lowest BCUT2D eigenvalue weighted by Crippen LogP contribution is -3.01. The molecule has 1 aromatic carbocycles. The van der Waals surface area contributed by atoms with Crippen LogP contribution in [0.25, 0.3) is 0 Å². The molecule has 0 bridgehead atoms. The molecule has 1 aliphatic heterocycles. The molecule has 1 fully saturated rings. The smallest absolute Gasteiger partial charge is 0.408 e. The number of likely N-dealkylation sites (tertiary alicyclic amines) is 1. The largest absolute Gasteiger partial charge is 0.572 e. The predicted molar refractivity (Wildman–Crippen MR) is 101 cm³/mol. The second kappa shape index (κ2) is 9.49. The molecule has 0 spiro atoms. The first kappa shape index (κ1) is 21.6. The second-order valence-electron chi connectivity index (χ2n) is 7.34. The predicted octanol–water partition coefficient (Wildman–Crippen LogP) is 0.246. The van der Waals surface area contributed by atoms with E-state index in [1.54, 1.807) is 32.9 Å². The van der Waals surface area contributed by atoms with Crippen LogP contribution in [0.4, 0.5) is 4.79 Å². The Morgan fingerprint density at radius 2 is 2.07 bits per heavy atom. The number of ether oxygens (including phenoxy) is 1. The minimum Gasteiger partial charge on any atom is -0.572 e. The lowest BCUT2D eigenvalue weighted by Gasteiger charge is -2.32. The van der Waals surface area contributed by atoms with Gasteiger partial charge in [-0.05, 0) is 44.3 Å². The van der Waals surface area contributed by atoms with Crippen molar-refractivity contribution < 1.29 is 24.5 Å². The summed E-state index contributed by atoms with van der Waals surface area (Å²) in [4.78, 5) is 30.7. The van der Waals surface area contributed by atoms with E-state index < -0.39 is 29.0 Å². The summed E-state index contributed by atoms with van der Waals surface area (Å²) in [6.07, 6.45) is 0.340. The number of nitrogens with two attached hydrogens (primary N) is 1. The van der Waals surface area contributed by atoms with Crippen LogP contribution in [-0.2, 0) is 21.0 Å². The number of carbonyl (C=O) groups excluding carboxylic acids is 2. The molecule has 4 N–H and O–H groups in total. The summed E-state index contributed by atoms with van der Waals surface area (Å²) in [5.41, 5.74) is 5.94. The maximum absolute atomic E-state index is 12.6. The molecular formula is C18H27N5O5. The number of nitrogens with one attached hydrogen (secondary N) is 2. The zero-order chi connectivity index (χ0) is 20.7. The van der Waals surface area contributed by atoms with Gasteiger partial charge in [0.25, 0.3) is 11.9 Å². The third-order valence-corrected chi connectivity index (χ3v) is 3.82. The number of amides is 2. The highest BCUT2D eigenvalue weighted by molar-refractivity contribution is 5.99. The van der Waals surface area contributed by atoms with Gasteiger partial charge in [0.05, 0.1) is 0 Å². The van der Waals surface area contributed by atoms with Gasteiger partial charge in [0.1, 0.15) is 18.2 Å². The highest BCUT2D eigenvalue weighted by Gasteiger charge is 2.33. The molecular weight excluding hydrogens is 366 g/mol. The maximum atomic E-state index is 12.6. The molecule has 1 heterocycles. The monoisotopic (exact) mass is 393 g/mol. The summed E-state index contributed by atoms with van der Waals surface area (Å²) in [6.45, 7) is 5.54. The topological polar surface area (TPSA) is 134 Å². The molecule has 2 atom stereocenters. The summed E-state index contributed by atoms with van der Waals surface area (Å²) in [5, 5.41) is 17.1. The van der Waals surface area contributed by atoms with E-state index in [1.165, 1.54) is 0 Å². The number of piperidine rings is 1. The van der Waals surface area contributed by atoms with Crippen molar-refractivity contribution in [3.05, 3.63) is 41.1 Å². The van der Waals surface area contributed by atoms with Crippen LogP contribution < -0.4 is 16.4 Å². The third kappa shape index (κ3) is 6.80. The van der Waals surface area contributed by atoms with Crippen LogP contribution in [0.15, 0.2) is 35.4 Å². The first-order valence-electron chi connectivity index (χ1n) is 9.01. The van der Waals surface area contributed by atoms with Gasteiger partial charge in [0, 0.05) is 6.54 Å². The standard InChI is InChI=1S/C18H27N5O5/c1-18(2,3)28-17(25)20-14-10-7-11-22(15(14)24)16(19)21-23(26)27-12-13-8-5-4-6-9-13/h4-6,8-9,14,23H,7,10-12H2,1-3H3,(H2,19,21)(H,20,25). The Morgan fingerprint density at radius 3 is 2.71 bits per heavy atom. The zero-order valence-corrected chi connectivity index (χ0v) is 16.3. The van der Waals surface area contributed by atoms with Crippen LogP contribution in [0.1, 0.15) is 39.2 Å². The first-order chi connectivity index (χ1) is 13.2. The van der Waals surface area contributed by atoms with E-state index in [0.717, 1.165) is 10.5 Å². The molecule has 0 aliphatic carbocycles.